The Bertz CT molecular complexity index is 834. The summed E-state index contributed by atoms with van der Waals surface area (Å²) in [6, 6.07) is 14.6. The first-order valence-corrected chi connectivity index (χ1v) is 10.5. The van der Waals surface area contributed by atoms with Crippen molar-refractivity contribution in [3.63, 3.8) is 0 Å². The van der Waals surface area contributed by atoms with Crippen LogP contribution in [-0.2, 0) is 14.8 Å². The van der Waals surface area contributed by atoms with Crippen molar-refractivity contribution in [3.8, 4) is 0 Å². The molecule has 0 aliphatic carbocycles. The lowest BCUT2D eigenvalue weighted by molar-refractivity contribution is 0.0172. The van der Waals surface area contributed by atoms with Crippen molar-refractivity contribution in [1.29, 1.82) is 0 Å². The van der Waals surface area contributed by atoms with Crippen LogP contribution in [0.4, 0.5) is 0 Å². The van der Waals surface area contributed by atoms with Crippen LogP contribution in [0.2, 0.25) is 5.02 Å². The van der Waals surface area contributed by atoms with Gasteiger partial charge in [0.1, 0.15) is 4.90 Å². The lowest BCUT2D eigenvalue weighted by atomic mass is 10.0. The van der Waals surface area contributed by atoms with E-state index >= 15 is 0 Å². The number of hydrogen-bond acceptors (Lipinski definition) is 4. The zero-order chi connectivity index (χ0) is 18.6. The van der Waals surface area contributed by atoms with Crippen LogP contribution < -0.4 is 4.72 Å². The summed E-state index contributed by atoms with van der Waals surface area (Å²) in [6.45, 7) is 5.15. The Morgan fingerprint density at radius 3 is 2.42 bits per heavy atom. The molecule has 1 N–H and O–H groups in total. The van der Waals surface area contributed by atoms with Crippen LogP contribution in [0.5, 0.6) is 0 Å². The van der Waals surface area contributed by atoms with Gasteiger partial charge in [0.15, 0.2) is 0 Å². The van der Waals surface area contributed by atoms with Crippen molar-refractivity contribution in [1.82, 2.24) is 9.62 Å². The first-order chi connectivity index (χ1) is 12.5. The van der Waals surface area contributed by atoms with Crippen LogP contribution in [-0.4, -0.2) is 46.2 Å². The molecule has 2 aromatic carbocycles. The van der Waals surface area contributed by atoms with E-state index in [9.17, 15) is 8.42 Å². The summed E-state index contributed by atoms with van der Waals surface area (Å²) in [4.78, 5) is 2.36. The predicted molar refractivity (Wildman–Crippen MR) is 103 cm³/mol. The maximum atomic E-state index is 12.7. The topological polar surface area (TPSA) is 58.6 Å². The molecule has 0 amide bonds. The van der Waals surface area contributed by atoms with Gasteiger partial charge >= 0.3 is 0 Å². The summed E-state index contributed by atoms with van der Waals surface area (Å²) in [5.74, 6) is 0. The van der Waals surface area contributed by atoms with E-state index in [0.717, 1.165) is 18.7 Å². The molecule has 0 bridgehead atoms. The molecule has 0 saturated carbocycles. The second kappa shape index (κ2) is 8.50. The average Bonchev–Trinajstić information content (AvgIpc) is 2.64. The van der Waals surface area contributed by atoms with Crippen molar-refractivity contribution in [3.05, 3.63) is 64.7 Å². The fourth-order valence-electron chi connectivity index (χ4n) is 3.06. The van der Waals surface area contributed by atoms with E-state index in [-0.39, 0.29) is 22.5 Å². The maximum absolute atomic E-state index is 12.7. The summed E-state index contributed by atoms with van der Waals surface area (Å²) < 4.78 is 33.5. The second-order valence-electron chi connectivity index (χ2n) is 6.36. The molecular weight excluding hydrogens is 372 g/mol. The van der Waals surface area contributed by atoms with E-state index in [4.69, 9.17) is 16.3 Å². The van der Waals surface area contributed by atoms with E-state index in [1.165, 1.54) is 11.6 Å². The normalized spacial score (nSPS) is 17.2. The molecular formula is C19H23ClN2O3S. The molecule has 140 valence electrons. The number of nitrogens with zero attached hydrogens (tertiary/aromatic N) is 1. The molecule has 1 atom stereocenters. The molecule has 0 spiro atoms. The quantitative estimate of drug-likeness (QED) is 0.818. The number of nitrogens with one attached hydrogen (secondary N) is 1. The largest absolute Gasteiger partial charge is 0.379 e. The van der Waals surface area contributed by atoms with Crippen LogP contribution >= 0.6 is 11.6 Å². The minimum Gasteiger partial charge on any atom is -0.379 e. The Balaban J connectivity index is 1.81. The predicted octanol–water partition coefficient (Wildman–Crippen LogP) is 3.00. The molecule has 1 aliphatic heterocycles. The van der Waals surface area contributed by atoms with Gasteiger partial charge in [-0.25, -0.2) is 13.1 Å². The highest BCUT2D eigenvalue weighted by molar-refractivity contribution is 7.89. The molecule has 3 rings (SSSR count). The first kappa shape index (κ1) is 19.3. The van der Waals surface area contributed by atoms with E-state index in [0.29, 0.717) is 13.2 Å². The molecule has 1 unspecified atom stereocenters. The number of benzene rings is 2. The maximum Gasteiger partial charge on any atom is 0.242 e. The Morgan fingerprint density at radius 1 is 1.12 bits per heavy atom. The Kier molecular flexibility index (Phi) is 6.32. The summed E-state index contributed by atoms with van der Waals surface area (Å²) in [7, 11) is -3.68. The van der Waals surface area contributed by atoms with Gasteiger partial charge in [0.05, 0.1) is 18.2 Å². The third kappa shape index (κ3) is 4.64. The molecule has 1 fully saturated rings. The minimum absolute atomic E-state index is 0.0586. The number of hydrogen-bond donors (Lipinski definition) is 1. The molecule has 2 aromatic rings. The van der Waals surface area contributed by atoms with Crippen LogP contribution in [0.3, 0.4) is 0 Å². The van der Waals surface area contributed by atoms with E-state index in [1.807, 2.05) is 19.1 Å². The van der Waals surface area contributed by atoms with Crippen LogP contribution in [0.25, 0.3) is 0 Å². The van der Waals surface area contributed by atoms with Gasteiger partial charge in [-0.1, -0.05) is 53.6 Å². The molecule has 1 aliphatic rings. The number of halogens is 1. The van der Waals surface area contributed by atoms with Crippen LogP contribution in [0.1, 0.15) is 17.2 Å². The Labute approximate surface area is 160 Å². The first-order valence-electron chi connectivity index (χ1n) is 8.60. The number of aryl methyl sites for hydroxylation is 1. The molecule has 7 heteroatoms. The van der Waals surface area contributed by atoms with Crippen LogP contribution in [0.15, 0.2) is 53.4 Å². The van der Waals surface area contributed by atoms with Gasteiger partial charge in [0, 0.05) is 25.7 Å². The lowest BCUT2D eigenvalue weighted by Crippen LogP contribution is -2.43. The van der Waals surface area contributed by atoms with Crippen molar-refractivity contribution < 1.29 is 13.2 Å². The van der Waals surface area contributed by atoms with Gasteiger partial charge < -0.3 is 4.74 Å². The van der Waals surface area contributed by atoms with E-state index in [1.54, 1.807) is 18.2 Å². The molecule has 5 nitrogen and oxygen atoms in total. The monoisotopic (exact) mass is 394 g/mol. The van der Waals surface area contributed by atoms with Gasteiger partial charge in [-0.05, 0) is 24.6 Å². The van der Waals surface area contributed by atoms with Crippen molar-refractivity contribution in [2.24, 2.45) is 0 Å². The van der Waals surface area contributed by atoms with Crippen molar-refractivity contribution in [2.45, 2.75) is 17.9 Å². The molecule has 1 heterocycles. The molecule has 1 saturated heterocycles. The van der Waals surface area contributed by atoms with Crippen LogP contribution in [0, 0.1) is 6.92 Å². The van der Waals surface area contributed by atoms with E-state index < -0.39 is 10.0 Å². The Morgan fingerprint density at radius 2 is 1.77 bits per heavy atom. The highest BCUT2D eigenvalue weighted by atomic mass is 35.5. The SMILES string of the molecule is Cc1ccc(C(CNS(=O)(=O)c2ccccc2Cl)N2CCOCC2)cc1. The molecule has 0 aromatic heterocycles. The molecule has 26 heavy (non-hydrogen) atoms. The van der Waals surface area contributed by atoms with Gasteiger partial charge in [-0.2, -0.15) is 0 Å². The van der Waals surface area contributed by atoms with Gasteiger partial charge in [0.2, 0.25) is 10.0 Å². The fourth-order valence-corrected chi connectivity index (χ4v) is 4.62. The van der Waals surface area contributed by atoms with Crippen molar-refractivity contribution in [2.75, 3.05) is 32.8 Å². The smallest absolute Gasteiger partial charge is 0.242 e. The third-order valence-corrected chi connectivity index (χ3v) is 6.46. The standard InChI is InChI=1S/C19H23ClN2O3S/c1-15-6-8-16(9-7-15)18(22-10-12-25-13-11-22)14-21-26(23,24)19-5-3-2-4-17(19)20/h2-9,18,21H,10-14H2,1H3. The third-order valence-electron chi connectivity index (χ3n) is 4.54. The minimum atomic E-state index is -3.68. The summed E-state index contributed by atoms with van der Waals surface area (Å²) >= 11 is 6.06. The van der Waals surface area contributed by atoms with Gasteiger partial charge in [-0.3, -0.25) is 4.90 Å². The summed E-state index contributed by atoms with van der Waals surface area (Å²) in [5, 5.41) is 0.221. The zero-order valence-electron chi connectivity index (χ0n) is 14.7. The van der Waals surface area contributed by atoms with Crippen molar-refractivity contribution >= 4 is 21.6 Å². The fraction of sp³-hybridized carbons (Fsp3) is 0.368. The second-order valence-corrected chi connectivity index (χ2v) is 8.50. The van der Waals surface area contributed by atoms with Gasteiger partial charge in [-0.15, -0.1) is 0 Å². The summed E-state index contributed by atoms with van der Waals surface area (Å²) in [6.07, 6.45) is 0. The average molecular weight is 395 g/mol. The van der Waals surface area contributed by atoms with Gasteiger partial charge in [0.25, 0.3) is 0 Å². The molecule has 0 radical (unpaired) electrons. The number of ether oxygens (including phenoxy) is 1. The van der Waals surface area contributed by atoms with E-state index in [2.05, 4.69) is 21.8 Å². The number of sulfonamides is 1. The number of morpholine rings is 1. The highest BCUT2D eigenvalue weighted by Gasteiger charge is 2.25. The lowest BCUT2D eigenvalue weighted by Gasteiger charge is -2.35. The number of rotatable bonds is 6. The summed E-state index contributed by atoms with van der Waals surface area (Å²) in [5.41, 5.74) is 2.26. The highest BCUT2D eigenvalue weighted by Crippen LogP contribution is 2.24. The Hall–Kier alpha value is -1.44. The zero-order valence-corrected chi connectivity index (χ0v) is 16.3.